The summed E-state index contributed by atoms with van der Waals surface area (Å²) in [5, 5.41) is 0. The second-order valence-corrected chi connectivity index (χ2v) is 3.48. The predicted molar refractivity (Wildman–Crippen MR) is 33.9 cm³/mol. The van der Waals surface area contributed by atoms with Gasteiger partial charge in [0.1, 0.15) is 12.3 Å². The van der Waals surface area contributed by atoms with Crippen LogP contribution in [0.25, 0.3) is 0 Å². The van der Waals surface area contributed by atoms with Gasteiger partial charge in [0.05, 0.1) is 0 Å². The Morgan fingerprint density at radius 2 is 2.60 bits per heavy atom. The molecule has 0 radical (unpaired) electrons. The van der Waals surface area contributed by atoms with Crippen LogP contribution in [-0.2, 0) is 3.87 Å². The molecule has 0 aliphatic rings. The monoisotopic (exact) mass is 222 g/mol. The van der Waals surface area contributed by atoms with E-state index in [1.165, 1.54) is 0 Å². The zero-order valence-electron chi connectivity index (χ0n) is 2.35. The summed E-state index contributed by atoms with van der Waals surface area (Å²) in [7, 11) is -0.403. The van der Waals surface area contributed by atoms with E-state index >= 15 is 0 Å². The molecule has 0 saturated carbocycles. The van der Waals surface area contributed by atoms with Gasteiger partial charge in [0.15, 0.2) is 0 Å². The van der Waals surface area contributed by atoms with Crippen molar-refractivity contribution in [3.05, 3.63) is 0 Å². The predicted octanol–water partition coefficient (Wildman–Crippen LogP) is 0.558. The van der Waals surface area contributed by atoms with Crippen LogP contribution in [0, 0.1) is 0 Å². The second kappa shape index (κ2) is 5.22. The van der Waals surface area contributed by atoms with E-state index in [0.29, 0.717) is 12.3 Å². The van der Waals surface area contributed by atoms with Crippen LogP contribution in [0.1, 0.15) is 0 Å². The molecule has 0 aromatic heterocycles. The Balaban J connectivity index is 2.19. The summed E-state index contributed by atoms with van der Waals surface area (Å²) in [6, 6.07) is 0. The Bertz CT molecular complexity index is 17.1. The van der Waals surface area contributed by atoms with E-state index in [9.17, 15) is 0 Å². The van der Waals surface area contributed by atoms with Gasteiger partial charge in [-0.1, -0.05) is 21.8 Å². The van der Waals surface area contributed by atoms with Crippen molar-refractivity contribution in [2.24, 2.45) is 0 Å². The van der Waals surface area contributed by atoms with Crippen LogP contribution < -0.4 is 0 Å². The maximum Gasteiger partial charge on any atom is 0.248 e. The van der Waals surface area contributed by atoms with Gasteiger partial charge in [-0.05, 0) is 0 Å². The maximum atomic E-state index is 7.79. The van der Waals surface area contributed by atoms with Crippen molar-refractivity contribution in [1.82, 2.24) is 0 Å². The highest BCUT2D eigenvalue weighted by molar-refractivity contribution is 14.1. The summed E-state index contributed by atoms with van der Waals surface area (Å²) in [5.74, 6) is 0. The van der Waals surface area contributed by atoms with Crippen molar-refractivity contribution >= 4 is 41.4 Å². The van der Waals surface area contributed by atoms with Gasteiger partial charge in [-0.2, -0.15) is 0 Å². The lowest BCUT2D eigenvalue weighted by Crippen LogP contribution is -1.72. The molecule has 1 N–H and O–H groups in total. The fourth-order valence-corrected chi connectivity index (χ4v) is 1.20. The van der Waals surface area contributed by atoms with E-state index in [1.807, 2.05) is 0 Å². The molecule has 0 aromatic rings. The van der Waals surface area contributed by atoms with Crippen molar-refractivity contribution in [2.45, 2.75) is 0 Å². The molecular weight excluding hydrogens is 219 g/mol. The Kier molecular flexibility index (Phi) is 6.49. The van der Waals surface area contributed by atoms with Gasteiger partial charge in [0, 0.05) is 0 Å². The normalized spacial score (nSPS) is 10.8. The molecule has 32 valence electrons. The van der Waals surface area contributed by atoms with Crippen LogP contribution >= 0.6 is 34.1 Å². The molecule has 0 rings (SSSR count). The quantitative estimate of drug-likeness (QED) is 0.320. The van der Waals surface area contributed by atoms with Gasteiger partial charge in [0.2, 0.25) is 7.26 Å². The highest BCUT2D eigenvalue weighted by Crippen LogP contribution is 1.92. The molecule has 0 amide bonds. The van der Waals surface area contributed by atoms with Crippen molar-refractivity contribution < 1.29 is 8.42 Å². The fourth-order valence-electron chi connectivity index (χ4n) is 0.0199. The minimum Gasteiger partial charge on any atom is -0.331 e. The molecular formula is H3IO2SSi. The molecule has 0 bridgehead atoms. The molecule has 0 fully saturated rings. The van der Waals surface area contributed by atoms with Crippen LogP contribution in [0.5, 0.6) is 0 Å². The second-order valence-electron chi connectivity index (χ2n) is 0.301. The average Bonchev–Trinajstić information content (AvgIpc) is 1.41. The minimum absolute atomic E-state index is 0.403. The van der Waals surface area contributed by atoms with Crippen LogP contribution in [0.3, 0.4) is 0 Å². The van der Waals surface area contributed by atoms with Crippen LogP contribution in [-0.4, -0.2) is 11.8 Å². The molecule has 0 aliphatic heterocycles. The molecule has 5 heteroatoms. The molecule has 0 aliphatic carbocycles. The maximum absolute atomic E-state index is 7.79. The topological polar surface area (TPSA) is 29.5 Å². The van der Waals surface area contributed by atoms with Crippen molar-refractivity contribution in [3.8, 4) is 0 Å². The van der Waals surface area contributed by atoms with Gasteiger partial charge in [0.25, 0.3) is 0 Å². The van der Waals surface area contributed by atoms with Gasteiger partial charge in [-0.25, -0.2) is 0 Å². The van der Waals surface area contributed by atoms with E-state index in [-0.39, 0.29) is 0 Å². The van der Waals surface area contributed by atoms with Crippen LogP contribution in [0.2, 0.25) is 0 Å². The fraction of sp³-hybridized carbons (Fsp3) is 0. The lowest BCUT2D eigenvalue weighted by molar-refractivity contribution is 0.569. The first-order chi connectivity index (χ1) is 2.41. The van der Waals surface area contributed by atoms with E-state index < -0.39 is 7.26 Å². The molecule has 0 heterocycles. The molecule has 0 aromatic carbocycles. The Hall–Kier alpha value is 1.22. The molecule has 0 atom stereocenters. The van der Waals surface area contributed by atoms with Crippen LogP contribution in [0.15, 0.2) is 0 Å². The van der Waals surface area contributed by atoms with E-state index in [4.69, 9.17) is 4.55 Å². The first-order valence-electron chi connectivity index (χ1n) is 0.905. The SMILES string of the molecule is OSO[SiH2]I. The van der Waals surface area contributed by atoms with E-state index in [2.05, 4.69) is 25.7 Å². The van der Waals surface area contributed by atoms with Crippen molar-refractivity contribution in [3.63, 3.8) is 0 Å². The third kappa shape index (κ3) is 5.22. The first-order valence-corrected chi connectivity index (χ1v) is 7.29. The smallest absolute Gasteiger partial charge is 0.248 e. The first kappa shape index (κ1) is 6.22. The number of hydrogen-bond acceptors (Lipinski definition) is 3. The number of halogens is 1. The third-order valence-corrected chi connectivity index (χ3v) is 3.16. The van der Waals surface area contributed by atoms with Gasteiger partial charge >= 0.3 is 0 Å². The van der Waals surface area contributed by atoms with Crippen molar-refractivity contribution in [1.29, 1.82) is 0 Å². The van der Waals surface area contributed by atoms with Gasteiger partial charge in [-0.3, -0.25) is 0 Å². The lowest BCUT2D eigenvalue weighted by Gasteiger charge is -1.80. The highest BCUT2D eigenvalue weighted by atomic mass is 127. The summed E-state index contributed by atoms with van der Waals surface area (Å²) in [6.07, 6.45) is 0. The molecule has 2 nitrogen and oxygen atoms in total. The summed E-state index contributed by atoms with van der Waals surface area (Å²) >= 11 is 2.58. The average molecular weight is 222 g/mol. The molecule has 5 heavy (non-hydrogen) atoms. The van der Waals surface area contributed by atoms with Crippen molar-refractivity contribution in [2.75, 3.05) is 0 Å². The minimum atomic E-state index is -0.403. The van der Waals surface area contributed by atoms with Gasteiger partial charge in [-0.15, -0.1) is 0 Å². The Morgan fingerprint density at radius 1 is 2.00 bits per heavy atom. The number of hydrogen-bond donors (Lipinski definition) is 1. The summed E-state index contributed by atoms with van der Waals surface area (Å²) in [4.78, 5) is 0. The Morgan fingerprint density at radius 3 is 2.60 bits per heavy atom. The zero-order chi connectivity index (χ0) is 4.12. The van der Waals surface area contributed by atoms with E-state index in [0.717, 1.165) is 0 Å². The third-order valence-electron chi connectivity index (χ3n) is 0.0972. The highest BCUT2D eigenvalue weighted by Gasteiger charge is 1.71. The summed E-state index contributed by atoms with van der Waals surface area (Å²) in [6.45, 7) is 0. The largest absolute Gasteiger partial charge is 0.331 e. The lowest BCUT2D eigenvalue weighted by atomic mass is 15.8. The zero-order valence-corrected chi connectivity index (χ0v) is 6.74. The molecule has 0 saturated heterocycles. The summed E-state index contributed by atoms with van der Waals surface area (Å²) < 4.78 is 12.2. The standard InChI is InChI=1S/H3IO2SSi/c1-5-3-4-2/h2H,5H2. The summed E-state index contributed by atoms with van der Waals surface area (Å²) in [5.41, 5.74) is 0. The van der Waals surface area contributed by atoms with Crippen LogP contribution in [0.4, 0.5) is 0 Å². The van der Waals surface area contributed by atoms with Gasteiger partial charge < -0.3 is 8.42 Å². The number of rotatable bonds is 2. The van der Waals surface area contributed by atoms with E-state index in [1.54, 1.807) is 0 Å². The molecule has 0 spiro atoms. The Labute approximate surface area is 49.9 Å². The molecule has 0 unspecified atom stereocenters.